The van der Waals surface area contributed by atoms with Gasteiger partial charge in [-0.05, 0) is 55.7 Å². The Hall–Kier alpha value is -3.23. The van der Waals surface area contributed by atoms with Gasteiger partial charge in [-0.2, -0.15) is 8.42 Å². The summed E-state index contributed by atoms with van der Waals surface area (Å²) in [4.78, 5) is 13.8. The first-order chi connectivity index (χ1) is 15.9. The number of para-hydroxylation sites is 1. The average Bonchev–Trinajstić information content (AvgIpc) is 2.83. The molecule has 6 nitrogen and oxygen atoms in total. The van der Waals surface area contributed by atoms with Gasteiger partial charge in [0, 0.05) is 16.8 Å². The molecule has 0 saturated carbocycles. The zero-order valence-corrected chi connectivity index (χ0v) is 19.5. The molecule has 0 saturated heterocycles. The largest absolute Gasteiger partial charge is 0.377 e. The fourth-order valence-electron chi connectivity index (χ4n) is 4.15. The zero-order valence-electron chi connectivity index (χ0n) is 17.9. The minimum absolute atomic E-state index is 0.0369. The van der Waals surface area contributed by atoms with Crippen LogP contribution < -0.4 is 9.74 Å². The number of rotatable bonds is 5. The van der Waals surface area contributed by atoms with E-state index in [2.05, 4.69) is 0 Å². The highest BCUT2D eigenvalue weighted by atomic mass is 32.2. The van der Waals surface area contributed by atoms with E-state index in [9.17, 15) is 17.4 Å². The lowest BCUT2D eigenvalue weighted by molar-refractivity contribution is 0.479. The van der Waals surface area contributed by atoms with Gasteiger partial charge in [-0.3, -0.25) is 4.79 Å². The smallest absolute Gasteiger partial charge is 0.339 e. The van der Waals surface area contributed by atoms with Crippen molar-refractivity contribution in [3.8, 4) is 5.75 Å². The number of nitrogens with zero attached hydrogens (tertiary/aromatic N) is 1. The van der Waals surface area contributed by atoms with Gasteiger partial charge in [0.15, 0.2) is 10.6 Å². The van der Waals surface area contributed by atoms with Crippen molar-refractivity contribution in [2.75, 3.05) is 0 Å². The minimum Gasteiger partial charge on any atom is -0.377 e. The van der Waals surface area contributed by atoms with Gasteiger partial charge in [-0.25, -0.2) is 4.21 Å². The number of hydrogen-bond donors (Lipinski definition) is 0. The van der Waals surface area contributed by atoms with E-state index in [1.807, 2.05) is 13.0 Å². The number of aryl methyl sites for hydroxylation is 3. The Balaban J connectivity index is 1.80. The summed E-state index contributed by atoms with van der Waals surface area (Å²) >= 11 is 0. The maximum Gasteiger partial charge on any atom is 0.339 e. The van der Waals surface area contributed by atoms with Crippen molar-refractivity contribution in [1.82, 2.24) is 4.57 Å². The Labute approximate surface area is 194 Å². The molecule has 1 unspecified atom stereocenters. The molecule has 1 aliphatic heterocycles. The molecule has 33 heavy (non-hydrogen) atoms. The Morgan fingerprint density at radius 3 is 2.39 bits per heavy atom. The van der Waals surface area contributed by atoms with Crippen molar-refractivity contribution in [3.63, 3.8) is 0 Å². The van der Waals surface area contributed by atoms with Crippen LogP contribution >= 0.6 is 0 Å². The topological polar surface area (TPSA) is 82.4 Å². The first-order valence-electron chi connectivity index (χ1n) is 10.5. The van der Waals surface area contributed by atoms with Crippen LogP contribution in [0, 0.1) is 6.92 Å². The van der Waals surface area contributed by atoms with Crippen LogP contribution in [0.25, 0.3) is 10.9 Å². The Kier molecular flexibility index (Phi) is 5.42. The summed E-state index contributed by atoms with van der Waals surface area (Å²) in [6.45, 7) is 2.32. The third kappa shape index (κ3) is 3.79. The lowest BCUT2D eigenvalue weighted by Gasteiger charge is -2.23. The molecule has 5 rings (SSSR count). The molecule has 8 heteroatoms. The van der Waals surface area contributed by atoms with Crippen LogP contribution in [0.2, 0.25) is 0 Å². The quantitative estimate of drug-likeness (QED) is 0.401. The molecule has 0 spiro atoms. The van der Waals surface area contributed by atoms with Crippen molar-refractivity contribution in [2.45, 2.75) is 41.0 Å². The van der Waals surface area contributed by atoms with Crippen molar-refractivity contribution < 1.29 is 16.8 Å². The Morgan fingerprint density at radius 2 is 1.67 bits per heavy atom. The first kappa shape index (κ1) is 21.6. The molecule has 0 radical (unpaired) electrons. The molecular formula is C25H21NO5S2. The monoisotopic (exact) mass is 479 g/mol. The van der Waals surface area contributed by atoms with Crippen LogP contribution in [-0.4, -0.2) is 17.2 Å². The summed E-state index contributed by atoms with van der Waals surface area (Å²) in [7, 11) is -6.21. The average molecular weight is 480 g/mol. The van der Waals surface area contributed by atoms with E-state index in [4.69, 9.17) is 4.18 Å². The molecule has 3 aromatic carbocycles. The molecule has 4 aromatic rings. The highest BCUT2D eigenvalue weighted by molar-refractivity contribution is 7.87. The third-order valence-corrected chi connectivity index (χ3v) is 8.42. The van der Waals surface area contributed by atoms with Crippen molar-refractivity contribution >= 4 is 31.8 Å². The van der Waals surface area contributed by atoms with E-state index >= 15 is 0 Å². The van der Waals surface area contributed by atoms with Gasteiger partial charge < -0.3 is 8.75 Å². The molecule has 0 amide bonds. The van der Waals surface area contributed by atoms with Crippen molar-refractivity contribution in [1.29, 1.82) is 0 Å². The van der Waals surface area contributed by atoms with Gasteiger partial charge in [-0.1, -0.05) is 48.0 Å². The molecule has 0 aliphatic carbocycles. The second-order valence-corrected chi connectivity index (χ2v) is 10.9. The maximum atomic E-state index is 13.6. The minimum atomic E-state index is -4.27. The maximum absolute atomic E-state index is 13.6. The van der Waals surface area contributed by atoms with Gasteiger partial charge in [0.2, 0.25) is 0 Å². The van der Waals surface area contributed by atoms with E-state index in [1.165, 1.54) is 12.1 Å². The summed E-state index contributed by atoms with van der Waals surface area (Å²) in [5.41, 5.74) is 1.98. The number of benzene rings is 3. The van der Waals surface area contributed by atoms with E-state index in [-0.39, 0.29) is 15.5 Å². The molecule has 168 valence electrons. The molecule has 0 bridgehead atoms. The lowest BCUT2D eigenvalue weighted by atomic mass is 10.0. The van der Waals surface area contributed by atoms with Crippen LogP contribution in [0.3, 0.4) is 0 Å². The molecule has 2 heterocycles. The lowest BCUT2D eigenvalue weighted by Crippen LogP contribution is -2.29. The molecule has 1 aromatic heterocycles. The molecule has 0 fully saturated rings. The summed E-state index contributed by atoms with van der Waals surface area (Å²) < 4.78 is 47.2. The first-order valence-corrected chi connectivity index (χ1v) is 13.1. The van der Waals surface area contributed by atoms with Crippen LogP contribution in [0.5, 0.6) is 5.75 Å². The highest BCUT2D eigenvalue weighted by Gasteiger charge is 2.30. The normalized spacial score (nSPS) is 14.2. The van der Waals surface area contributed by atoms with E-state index in [0.717, 1.165) is 24.0 Å². The number of aromatic nitrogens is 1. The third-order valence-electron chi connectivity index (χ3n) is 5.75. The predicted octanol–water partition coefficient (Wildman–Crippen LogP) is 4.19. The summed E-state index contributed by atoms with van der Waals surface area (Å²) in [6.07, 6.45) is 1.54. The standard InChI is InChI=1S/C25H21NO5S2/c1-17-12-14-20(15-13-17)33(29,30)31-23-21-11-5-7-18-8-6-16-26(22(18)21)25(27)24(23)32(28)19-9-3-2-4-10-19/h2-5,7,9-15H,6,8,16H2,1H3. The van der Waals surface area contributed by atoms with E-state index in [1.54, 1.807) is 59.2 Å². The fraction of sp³-hybridized carbons (Fsp3) is 0.160. The number of hydrogen-bond acceptors (Lipinski definition) is 5. The SMILES string of the molecule is Cc1ccc(S(=O)(=O)Oc2c(S(=O)c3ccccc3)c(=O)n3c4c(cccc24)CCC3)cc1. The zero-order chi connectivity index (χ0) is 23.2. The second-order valence-electron chi connectivity index (χ2n) is 7.96. The Bertz CT molecular complexity index is 1560. The molecule has 1 atom stereocenters. The van der Waals surface area contributed by atoms with Gasteiger partial charge in [-0.15, -0.1) is 0 Å². The fourth-order valence-corrected chi connectivity index (χ4v) is 6.39. The predicted molar refractivity (Wildman–Crippen MR) is 127 cm³/mol. The Morgan fingerprint density at radius 1 is 0.939 bits per heavy atom. The summed E-state index contributed by atoms with van der Waals surface area (Å²) in [5.74, 6) is -0.169. The van der Waals surface area contributed by atoms with Crippen LogP contribution in [0.1, 0.15) is 17.5 Å². The van der Waals surface area contributed by atoms with Crippen LogP contribution in [0.15, 0.2) is 92.3 Å². The van der Waals surface area contributed by atoms with Gasteiger partial charge in [0.1, 0.15) is 4.90 Å². The van der Waals surface area contributed by atoms with Gasteiger partial charge >= 0.3 is 10.1 Å². The van der Waals surface area contributed by atoms with Crippen molar-refractivity contribution in [3.05, 3.63) is 94.3 Å². The summed E-state index contributed by atoms with van der Waals surface area (Å²) in [6, 6.07) is 20.2. The number of pyridine rings is 1. The molecular weight excluding hydrogens is 458 g/mol. The van der Waals surface area contributed by atoms with E-state index in [0.29, 0.717) is 22.3 Å². The van der Waals surface area contributed by atoms with Crippen LogP contribution in [-0.2, 0) is 33.9 Å². The van der Waals surface area contributed by atoms with Gasteiger partial charge in [0.25, 0.3) is 5.56 Å². The molecule has 0 N–H and O–H groups in total. The molecule has 1 aliphatic rings. The van der Waals surface area contributed by atoms with E-state index < -0.39 is 26.5 Å². The summed E-state index contributed by atoms with van der Waals surface area (Å²) in [5, 5.41) is 0.460. The highest BCUT2D eigenvalue weighted by Crippen LogP contribution is 2.37. The van der Waals surface area contributed by atoms with Gasteiger partial charge in [0.05, 0.1) is 16.3 Å². The second kappa shape index (κ2) is 8.28. The van der Waals surface area contributed by atoms with Crippen molar-refractivity contribution in [2.24, 2.45) is 0 Å². The van der Waals surface area contributed by atoms with Crippen LogP contribution in [0.4, 0.5) is 0 Å².